The van der Waals surface area contributed by atoms with E-state index < -0.39 is 0 Å². The molecule has 0 N–H and O–H groups in total. The van der Waals surface area contributed by atoms with Gasteiger partial charge in [-0.25, -0.2) is 0 Å². The van der Waals surface area contributed by atoms with E-state index in [1.807, 2.05) is 48.8 Å². The van der Waals surface area contributed by atoms with Gasteiger partial charge in [-0.3, -0.25) is 9.98 Å². The average molecular weight is 292 g/mol. The molecule has 0 heterocycles. The average Bonchev–Trinajstić information content (AvgIpc) is 2.54. The van der Waals surface area contributed by atoms with Crippen LogP contribution in [0.3, 0.4) is 0 Å². The fourth-order valence-corrected chi connectivity index (χ4v) is 2.28. The van der Waals surface area contributed by atoms with Crippen LogP contribution < -0.4 is 0 Å². The molecule has 0 aromatic heterocycles. The molecule has 2 aromatic rings. The standard InChI is InChI=1S/C20H24N2/c1-17(2)13-20(22-15-19-11-7-4-8-12-19)16-21-14-18-9-5-3-6-10-18/h3-12,14-15,17,20H,13,16H2,1-2H3. The van der Waals surface area contributed by atoms with Gasteiger partial charge in [0.15, 0.2) is 0 Å². The highest BCUT2D eigenvalue weighted by Crippen LogP contribution is 2.09. The molecule has 22 heavy (non-hydrogen) atoms. The zero-order chi connectivity index (χ0) is 15.6. The summed E-state index contributed by atoms with van der Waals surface area (Å²) in [6.07, 6.45) is 4.95. The Kier molecular flexibility index (Phi) is 6.56. The van der Waals surface area contributed by atoms with Crippen LogP contribution in [0.5, 0.6) is 0 Å². The topological polar surface area (TPSA) is 24.7 Å². The fourth-order valence-electron chi connectivity index (χ4n) is 2.28. The zero-order valence-corrected chi connectivity index (χ0v) is 13.4. The minimum absolute atomic E-state index is 0.236. The molecule has 1 atom stereocenters. The predicted molar refractivity (Wildman–Crippen MR) is 96.2 cm³/mol. The molecular weight excluding hydrogens is 268 g/mol. The number of benzene rings is 2. The van der Waals surface area contributed by atoms with Gasteiger partial charge in [-0.05, 0) is 23.5 Å². The Labute approximate surface area is 133 Å². The first-order chi connectivity index (χ1) is 10.7. The van der Waals surface area contributed by atoms with Gasteiger partial charge in [-0.15, -0.1) is 0 Å². The van der Waals surface area contributed by atoms with E-state index in [4.69, 9.17) is 4.99 Å². The third-order valence-electron chi connectivity index (χ3n) is 3.33. The Morgan fingerprint density at radius 2 is 1.36 bits per heavy atom. The molecule has 2 nitrogen and oxygen atoms in total. The van der Waals surface area contributed by atoms with Crippen LogP contribution >= 0.6 is 0 Å². The van der Waals surface area contributed by atoms with Crippen LogP contribution in [0, 0.1) is 5.92 Å². The van der Waals surface area contributed by atoms with E-state index in [0.29, 0.717) is 5.92 Å². The minimum atomic E-state index is 0.236. The first-order valence-electron chi connectivity index (χ1n) is 7.87. The molecule has 0 bridgehead atoms. The van der Waals surface area contributed by atoms with Crippen LogP contribution in [-0.4, -0.2) is 25.0 Å². The van der Waals surface area contributed by atoms with Crippen molar-refractivity contribution in [2.75, 3.05) is 6.54 Å². The van der Waals surface area contributed by atoms with E-state index in [1.54, 1.807) is 0 Å². The Hall–Kier alpha value is -2.22. The van der Waals surface area contributed by atoms with Gasteiger partial charge < -0.3 is 0 Å². The van der Waals surface area contributed by atoms with E-state index in [0.717, 1.165) is 24.1 Å². The lowest BCUT2D eigenvalue weighted by molar-refractivity contribution is 0.505. The molecule has 0 spiro atoms. The Balaban J connectivity index is 1.97. The van der Waals surface area contributed by atoms with Gasteiger partial charge in [0.05, 0.1) is 12.6 Å². The number of hydrogen-bond donors (Lipinski definition) is 0. The van der Waals surface area contributed by atoms with Gasteiger partial charge in [0.25, 0.3) is 0 Å². The van der Waals surface area contributed by atoms with Crippen molar-refractivity contribution >= 4 is 12.4 Å². The molecule has 114 valence electrons. The van der Waals surface area contributed by atoms with E-state index in [9.17, 15) is 0 Å². The van der Waals surface area contributed by atoms with Crippen molar-refractivity contribution in [3.63, 3.8) is 0 Å². The molecule has 0 aliphatic heterocycles. The van der Waals surface area contributed by atoms with Crippen molar-refractivity contribution in [3.8, 4) is 0 Å². The highest BCUT2D eigenvalue weighted by atomic mass is 14.8. The largest absolute Gasteiger partial charge is 0.290 e. The Morgan fingerprint density at radius 1 is 0.818 bits per heavy atom. The predicted octanol–water partition coefficient (Wildman–Crippen LogP) is 4.64. The van der Waals surface area contributed by atoms with Crippen LogP contribution in [0.25, 0.3) is 0 Å². The van der Waals surface area contributed by atoms with Crippen molar-refractivity contribution < 1.29 is 0 Å². The summed E-state index contributed by atoms with van der Waals surface area (Å²) >= 11 is 0. The molecule has 2 rings (SSSR count). The summed E-state index contributed by atoms with van der Waals surface area (Å²) in [5.74, 6) is 0.616. The molecule has 0 saturated carbocycles. The quantitative estimate of drug-likeness (QED) is 0.664. The summed E-state index contributed by atoms with van der Waals surface area (Å²) in [5, 5.41) is 0. The second kappa shape index (κ2) is 8.93. The molecule has 0 fully saturated rings. The molecule has 0 saturated heterocycles. The summed E-state index contributed by atoms with van der Waals surface area (Å²) in [7, 11) is 0. The number of rotatable bonds is 7. The van der Waals surface area contributed by atoms with Crippen LogP contribution in [0.2, 0.25) is 0 Å². The molecule has 0 aliphatic rings. The number of aliphatic imine (C=N–C) groups is 2. The monoisotopic (exact) mass is 292 g/mol. The van der Waals surface area contributed by atoms with Gasteiger partial charge in [0, 0.05) is 12.4 Å². The maximum absolute atomic E-state index is 4.73. The Bertz CT molecular complexity index is 586. The van der Waals surface area contributed by atoms with E-state index in [-0.39, 0.29) is 6.04 Å². The van der Waals surface area contributed by atoms with Gasteiger partial charge in [0.2, 0.25) is 0 Å². The smallest absolute Gasteiger partial charge is 0.0697 e. The summed E-state index contributed by atoms with van der Waals surface area (Å²) in [4.78, 5) is 9.30. The molecule has 1 unspecified atom stereocenters. The van der Waals surface area contributed by atoms with Gasteiger partial charge >= 0.3 is 0 Å². The summed E-state index contributed by atoms with van der Waals surface area (Å²) in [5.41, 5.74) is 2.28. The number of hydrogen-bond acceptors (Lipinski definition) is 2. The molecular formula is C20H24N2. The van der Waals surface area contributed by atoms with Crippen molar-refractivity contribution in [2.24, 2.45) is 15.9 Å². The summed E-state index contributed by atoms with van der Waals surface area (Å²) < 4.78 is 0. The minimum Gasteiger partial charge on any atom is -0.290 e. The molecule has 0 amide bonds. The first kappa shape index (κ1) is 16.2. The lowest BCUT2D eigenvalue weighted by Gasteiger charge is -2.12. The zero-order valence-electron chi connectivity index (χ0n) is 13.4. The maximum atomic E-state index is 4.73. The van der Waals surface area contributed by atoms with Gasteiger partial charge in [-0.2, -0.15) is 0 Å². The molecule has 0 aliphatic carbocycles. The summed E-state index contributed by atoms with van der Waals surface area (Å²) in [6, 6.07) is 20.7. The SMILES string of the molecule is CC(C)CC(CN=Cc1ccccc1)N=Cc1ccccc1. The second-order valence-corrected chi connectivity index (χ2v) is 5.88. The molecule has 2 aromatic carbocycles. The van der Waals surface area contributed by atoms with Crippen molar-refractivity contribution in [1.82, 2.24) is 0 Å². The Morgan fingerprint density at radius 3 is 1.91 bits per heavy atom. The van der Waals surface area contributed by atoms with Crippen molar-refractivity contribution in [2.45, 2.75) is 26.3 Å². The van der Waals surface area contributed by atoms with E-state index >= 15 is 0 Å². The molecule has 0 radical (unpaired) electrons. The highest BCUT2D eigenvalue weighted by molar-refractivity contribution is 5.80. The first-order valence-corrected chi connectivity index (χ1v) is 7.87. The van der Waals surface area contributed by atoms with Gasteiger partial charge in [0.1, 0.15) is 0 Å². The van der Waals surface area contributed by atoms with Crippen LogP contribution in [0.1, 0.15) is 31.4 Å². The lowest BCUT2D eigenvalue weighted by Crippen LogP contribution is -2.13. The van der Waals surface area contributed by atoms with E-state index in [1.165, 1.54) is 0 Å². The highest BCUT2D eigenvalue weighted by Gasteiger charge is 2.07. The number of nitrogens with zero attached hydrogens (tertiary/aromatic N) is 2. The normalized spacial score (nSPS) is 13.2. The third kappa shape index (κ3) is 6.04. The van der Waals surface area contributed by atoms with Crippen LogP contribution in [-0.2, 0) is 0 Å². The van der Waals surface area contributed by atoms with Gasteiger partial charge in [-0.1, -0.05) is 74.5 Å². The summed E-state index contributed by atoms with van der Waals surface area (Å²) in [6.45, 7) is 5.19. The van der Waals surface area contributed by atoms with Crippen LogP contribution in [0.4, 0.5) is 0 Å². The van der Waals surface area contributed by atoms with Crippen molar-refractivity contribution in [1.29, 1.82) is 0 Å². The second-order valence-electron chi connectivity index (χ2n) is 5.88. The van der Waals surface area contributed by atoms with Crippen molar-refractivity contribution in [3.05, 3.63) is 71.8 Å². The third-order valence-corrected chi connectivity index (χ3v) is 3.33. The molecule has 2 heteroatoms. The van der Waals surface area contributed by atoms with Crippen LogP contribution in [0.15, 0.2) is 70.6 Å². The lowest BCUT2D eigenvalue weighted by atomic mass is 10.0. The maximum Gasteiger partial charge on any atom is 0.0697 e. The fraction of sp³-hybridized carbons (Fsp3) is 0.300. The van der Waals surface area contributed by atoms with E-state index in [2.05, 4.69) is 43.1 Å².